The van der Waals surface area contributed by atoms with Gasteiger partial charge in [-0.05, 0) is 36.6 Å². The van der Waals surface area contributed by atoms with E-state index in [4.69, 9.17) is 5.73 Å². The molecule has 0 aliphatic heterocycles. The highest BCUT2D eigenvalue weighted by Crippen LogP contribution is 2.11. The lowest BCUT2D eigenvalue weighted by Gasteiger charge is -2.01. The summed E-state index contributed by atoms with van der Waals surface area (Å²) >= 11 is -1.30. The molecule has 3 nitrogen and oxygen atoms in total. The van der Waals surface area contributed by atoms with Crippen molar-refractivity contribution in [3.63, 3.8) is 0 Å². The van der Waals surface area contributed by atoms with Crippen molar-refractivity contribution < 1.29 is 8.39 Å². The fourth-order valence-electron chi connectivity index (χ4n) is 1.67. The van der Waals surface area contributed by atoms with Crippen LogP contribution in [0.25, 0.3) is 0 Å². The molecule has 2 aromatic rings. The maximum absolute atomic E-state index is 11.1. The molecule has 2 rings (SSSR count). The minimum Gasteiger partial charge on any atom is -0.326 e. The predicted molar refractivity (Wildman–Crippen MR) is 83.7 cm³/mol. The largest absolute Gasteiger partial charge is 0.326 e. The highest BCUT2D eigenvalue weighted by molar-refractivity contribution is 7.80. The van der Waals surface area contributed by atoms with E-state index >= 15 is 0 Å². The molecule has 1 atom stereocenters. The Morgan fingerprint density at radius 1 is 1.00 bits per heavy atom. The van der Waals surface area contributed by atoms with Crippen LogP contribution in [0, 0.1) is 13.8 Å². The molecule has 108 valence electrons. The van der Waals surface area contributed by atoms with E-state index in [1.165, 1.54) is 18.2 Å². The van der Waals surface area contributed by atoms with Gasteiger partial charge in [-0.1, -0.05) is 42.5 Å². The summed E-state index contributed by atoms with van der Waals surface area (Å²) in [6, 6.07) is 15.6. The van der Waals surface area contributed by atoms with Crippen LogP contribution in [0.3, 0.4) is 0 Å². The van der Waals surface area contributed by atoms with Crippen LogP contribution in [-0.2, 0) is 21.8 Å². The van der Waals surface area contributed by atoms with E-state index in [-0.39, 0.29) is 0 Å². The molecule has 0 bridgehead atoms. The Labute approximate surface area is 123 Å². The molecule has 0 saturated carbocycles. The van der Waals surface area contributed by atoms with Crippen LogP contribution >= 0.6 is 0 Å². The van der Waals surface area contributed by atoms with Crippen molar-refractivity contribution in [1.29, 1.82) is 0 Å². The highest BCUT2D eigenvalue weighted by atomic mass is 32.2. The fourth-order valence-corrected chi connectivity index (χ4v) is 2.37. The summed E-state index contributed by atoms with van der Waals surface area (Å²) in [6.45, 7) is 4.63. The van der Waals surface area contributed by atoms with E-state index in [9.17, 15) is 4.21 Å². The average molecular weight is 291 g/mol. The molecule has 0 aromatic heterocycles. The van der Waals surface area contributed by atoms with Crippen LogP contribution in [0.4, 0.5) is 0 Å². The number of benzene rings is 2. The van der Waals surface area contributed by atoms with E-state index in [1.807, 2.05) is 37.3 Å². The van der Waals surface area contributed by atoms with Crippen LogP contribution < -0.4 is 5.73 Å². The summed E-state index contributed by atoms with van der Waals surface area (Å²) in [7, 11) is 1.43. The normalized spacial score (nSPS) is 11.4. The Morgan fingerprint density at radius 2 is 1.55 bits per heavy atom. The van der Waals surface area contributed by atoms with E-state index < -0.39 is 11.1 Å². The zero-order chi connectivity index (χ0) is 15.0. The van der Waals surface area contributed by atoms with Crippen LogP contribution in [0.15, 0.2) is 53.4 Å². The summed E-state index contributed by atoms with van der Waals surface area (Å²) < 4.78 is 15.8. The van der Waals surface area contributed by atoms with E-state index in [0.29, 0.717) is 6.54 Å². The standard InChI is InChI=1S/C8H11N.C8H10O2S/c1-7-4-2-3-5-8(7)6-9;1-7-5-3-4-6-8(7)11(9)10-2/h2-5H,6,9H2,1H3;3-6H,1-2H3. The number of rotatable bonds is 3. The first kappa shape index (κ1) is 16.6. The Kier molecular flexibility index (Phi) is 7.15. The minimum atomic E-state index is -1.30. The number of nitrogens with two attached hydrogens (primary N) is 1. The molecule has 0 fully saturated rings. The van der Waals surface area contributed by atoms with E-state index in [1.54, 1.807) is 6.07 Å². The SMILES string of the molecule is COS(=O)c1ccccc1C.Cc1ccccc1CN. The molecule has 0 aliphatic rings. The lowest BCUT2D eigenvalue weighted by atomic mass is 10.1. The first-order valence-electron chi connectivity index (χ1n) is 6.36. The molecular weight excluding hydrogens is 270 g/mol. The molecule has 2 N–H and O–H groups in total. The van der Waals surface area contributed by atoms with Gasteiger partial charge in [0.1, 0.15) is 0 Å². The Morgan fingerprint density at radius 3 is 2.00 bits per heavy atom. The minimum absolute atomic E-state index is 0.646. The first-order chi connectivity index (χ1) is 9.60. The molecule has 20 heavy (non-hydrogen) atoms. The van der Waals surface area contributed by atoms with Gasteiger partial charge in [0.2, 0.25) is 0 Å². The number of aryl methyl sites for hydroxylation is 2. The van der Waals surface area contributed by atoms with Crippen molar-refractivity contribution in [3.8, 4) is 0 Å². The Hall–Kier alpha value is -1.49. The molecule has 0 saturated heterocycles. The average Bonchev–Trinajstić information content (AvgIpc) is 2.48. The zero-order valence-corrected chi connectivity index (χ0v) is 12.9. The second kappa shape index (κ2) is 8.64. The fraction of sp³-hybridized carbons (Fsp3) is 0.250. The molecular formula is C16H21NO2S. The molecule has 0 heterocycles. The Bertz CT molecular complexity index is 570. The third-order valence-corrected chi connectivity index (χ3v) is 4.03. The van der Waals surface area contributed by atoms with Crippen molar-refractivity contribution >= 4 is 11.1 Å². The van der Waals surface area contributed by atoms with E-state index in [0.717, 1.165) is 10.5 Å². The van der Waals surface area contributed by atoms with Crippen LogP contribution in [-0.4, -0.2) is 11.3 Å². The van der Waals surface area contributed by atoms with Gasteiger partial charge in [-0.15, -0.1) is 0 Å². The van der Waals surface area contributed by atoms with Crippen molar-refractivity contribution in [1.82, 2.24) is 0 Å². The van der Waals surface area contributed by atoms with Gasteiger partial charge < -0.3 is 5.73 Å². The maximum atomic E-state index is 11.1. The first-order valence-corrected chi connectivity index (χ1v) is 7.44. The number of hydrogen-bond donors (Lipinski definition) is 1. The van der Waals surface area contributed by atoms with Gasteiger partial charge >= 0.3 is 0 Å². The molecule has 0 spiro atoms. The van der Waals surface area contributed by atoms with Gasteiger partial charge in [0.25, 0.3) is 0 Å². The maximum Gasteiger partial charge on any atom is 0.189 e. The Balaban J connectivity index is 0.000000204. The molecule has 1 unspecified atom stereocenters. The topological polar surface area (TPSA) is 52.3 Å². The summed E-state index contributed by atoms with van der Waals surface area (Å²) in [6.07, 6.45) is 0. The smallest absolute Gasteiger partial charge is 0.189 e. The quantitative estimate of drug-likeness (QED) is 0.945. The van der Waals surface area contributed by atoms with Crippen molar-refractivity contribution in [3.05, 3.63) is 65.2 Å². The summed E-state index contributed by atoms with van der Waals surface area (Å²) in [5.74, 6) is 0. The summed E-state index contributed by atoms with van der Waals surface area (Å²) in [4.78, 5) is 0.745. The van der Waals surface area contributed by atoms with Crippen LogP contribution in [0.5, 0.6) is 0 Å². The third-order valence-electron chi connectivity index (χ3n) is 2.91. The van der Waals surface area contributed by atoms with Crippen molar-refractivity contribution in [2.75, 3.05) is 7.11 Å². The van der Waals surface area contributed by atoms with Gasteiger partial charge in [-0.2, -0.15) is 0 Å². The van der Waals surface area contributed by atoms with Crippen molar-refractivity contribution in [2.24, 2.45) is 5.73 Å². The van der Waals surface area contributed by atoms with E-state index in [2.05, 4.69) is 23.2 Å². The highest BCUT2D eigenvalue weighted by Gasteiger charge is 2.03. The van der Waals surface area contributed by atoms with Crippen LogP contribution in [0.1, 0.15) is 16.7 Å². The second-order valence-corrected chi connectivity index (χ2v) is 5.54. The third kappa shape index (κ3) is 4.89. The predicted octanol–water partition coefficient (Wildman–Crippen LogP) is 3.12. The number of hydrogen-bond acceptors (Lipinski definition) is 3. The van der Waals surface area contributed by atoms with Crippen LogP contribution in [0.2, 0.25) is 0 Å². The zero-order valence-electron chi connectivity index (χ0n) is 12.1. The lowest BCUT2D eigenvalue weighted by Crippen LogP contribution is -1.97. The monoisotopic (exact) mass is 291 g/mol. The summed E-state index contributed by atoms with van der Waals surface area (Å²) in [5.41, 5.74) is 8.96. The summed E-state index contributed by atoms with van der Waals surface area (Å²) in [5, 5.41) is 0. The molecule has 0 aliphatic carbocycles. The van der Waals surface area contributed by atoms with Gasteiger partial charge in [0.05, 0.1) is 12.0 Å². The molecule has 0 radical (unpaired) electrons. The second-order valence-electron chi connectivity index (χ2n) is 4.30. The molecule has 2 aromatic carbocycles. The van der Waals surface area contributed by atoms with Gasteiger partial charge in [0, 0.05) is 6.54 Å². The van der Waals surface area contributed by atoms with Gasteiger partial charge in [-0.3, -0.25) is 4.18 Å². The molecule has 4 heteroatoms. The van der Waals surface area contributed by atoms with Gasteiger partial charge in [0.15, 0.2) is 11.1 Å². The molecule has 0 amide bonds. The van der Waals surface area contributed by atoms with Gasteiger partial charge in [-0.25, -0.2) is 4.21 Å². The lowest BCUT2D eigenvalue weighted by molar-refractivity contribution is 0.445. The van der Waals surface area contributed by atoms with Crippen molar-refractivity contribution in [2.45, 2.75) is 25.3 Å².